The van der Waals surface area contributed by atoms with E-state index in [4.69, 9.17) is 4.74 Å². The fourth-order valence-electron chi connectivity index (χ4n) is 1.47. The largest absolute Gasteiger partial charge is 0.456 e. The van der Waals surface area contributed by atoms with Crippen molar-refractivity contribution >= 4 is 5.97 Å². The number of rotatable bonds is 1. The lowest BCUT2D eigenvalue weighted by molar-refractivity contribution is 0.00680. The summed E-state index contributed by atoms with van der Waals surface area (Å²) in [4.78, 5) is 11.9. The zero-order chi connectivity index (χ0) is 11.6. The summed E-state index contributed by atoms with van der Waals surface area (Å²) in [5.41, 5.74) is 2.17. The van der Waals surface area contributed by atoms with Gasteiger partial charge in [-0.1, -0.05) is 18.2 Å². The molecule has 0 bridgehead atoms. The molecule has 0 unspecified atom stereocenters. The zero-order valence-corrected chi connectivity index (χ0v) is 10.0. The molecule has 2 nitrogen and oxygen atoms in total. The third-order valence-corrected chi connectivity index (χ3v) is 2.08. The molecule has 82 valence electrons. The first-order valence-corrected chi connectivity index (χ1v) is 5.11. The van der Waals surface area contributed by atoms with Gasteiger partial charge in [-0.2, -0.15) is 0 Å². The SMILES string of the molecule is Cc1cccc(C)c1C(=O)OC(C)(C)C. The maximum atomic E-state index is 11.9. The van der Waals surface area contributed by atoms with Crippen molar-refractivity contribution in [3.05, 3.63) is 34.9 Å². The first kappa shape index (κ1) is 11.8. The Balaban J connectivity index is 3.02. The van der Waals surface area contributed by atoms with E-state index in [1.807, 2.05) is 52.8 Å². The fraction of sp³-hybridized carbons (Fsp3) is 0.462. The van der Waals surface area contributed by atoms with Crippen molar-refractivity contribution in [3.8, 4) is 0 Å². The Morgan fingerprint density at radius 2 is 1.60 bits per heavy atom. The average molecular weight is 206 g/mol. The van der Waals surface area contributed by atoms with Gasteiger partial charge in [0, 0.05) is 0 Å². The summed E-state index contributed by atoms with van der Waals surface area (Å²) in [6, 6.07) is 5.79. The molecule has 0 aliphatic rings. The van der Waals surface area contributed by atoms with Crippen LogP contribution in [0.15, 0.2) is 18.2 Å². The van der Waals surface area contributed by atoms with Crippen LogP contribution in [0.5, 0.6) is 0 Å². The summed E-state index contributed by atoms with van der Waals surface area (Å²) in [6.07, 6.45) is 0. The van der Waals surface area contributed by atoms with Crippen LogP contribution in [0.1, 0.15) is 42.3 Å². The van der Waals surface area contributed by atoms with Gasteiger partial charge in [-0.3, -0.25) is 0 Å². The van der Waals surface area contributed by atoms with E-state index in [-0.39, 0.29) is 5.97 Å². The van der Waals surface area contributed by atoms with E-state index < -0.39 is 5.60 Å². The van der Waals surface area contributed by atoms with E-state index in [2.05, 4.69) is 0 Å². The summed E-state index contributed by atoms with van der Waals surface area (Å²) in [5, 5.41) is 0. The molecule has 2 heteroatoms. The molecular weight excluding hydrogens is 188 g/mol. The summed E-state index contributed by atoms with van der Waals surface area (Å²) < 4.78 is 5.35. The maximum absolute atomic E-state index is 11.9. The molecule has 1 aromatic carbocycles. The molecule has 0 spiro atoms. The van der Waals surface area contributed by atoms with Crippen LogP contribution in [-0.2, 0) is 4.74 Å². The standard InChI is InChI=1S/C13H18O2/c1-9-7-6-8-10(2)11(9)12(14)15-13(3,4)5/h6-8H,1-5H3. The monoisotopic (exact) mass is 206 g/mol. The van der Waals surface area contributed by atoms with Crippen molar-refractivity contribution in [2.45, 2.75) is 40.2 Å². The molecule has 0 aliphatic carbocycles. The Bertz CT molecular complexity index is 352. The topological polar surface area (TPSA) is 26.3 Å². The van der Waals surface area contributed by atoms with E-state index >= 15 is 0 Å². The molecule has 1 rings (SSSR count). The molecular formula is C13H18O2. The predicted molar refractivity (Wildman–Crippen MR) is 61.1 cm³/mol. The van der Waals surface area contributed by atoms with E-state index in [0.717, 1.165) is 11.1 Å². The zero-order valence-electron chi connectivity index (χ0n) is 10.0. The Hall–Kier alpha value is -1.31. The quantitative estimate of drug-likeness (QED) is 0.659. The third-order valence-electron chi connectivity index (χ3n) is 2.08. The normalized spacial score (nSPS) is 11.3. The van der Waals surface area contributed by atoms with Crippen molar-refractivity contribution in [3.63, 3.8) is 0 Å². The van der Waals surface area contributed by atoms with Gasteiger partial charge in [0.1, 0.15) is 5.60 Å². The second-order valence-electron chi connectivity index (χ2n) is 4.77. The first-order chi connectivity index (χ1) is 6.81. The lowest BCUT2D eigenvalue weighted by atomic mass is 10.0. The fourth-order valence-corrected chi connectivity index (χ4v) is 1.47. The van der Waals surface area contributed by atoms with Gasteiger partial charge in [0.2, 0.25) is 0 Å². The number of benzene rings is 1. The lowest BCUT2D eigenvalue weighted by Gasteiger charge is -2.20. The molecule has 0 heterocycles. The van der Waals surface area contributed by atoms with Crippen LogP contribution < -0.4 is 0 Å². The first-order valence-electron chi connectivity index (χ1n) is 5.11. The number of hydrogen-bond donors (Lipinski definition) is 0. The van der Waals surface area contributed by atoms with Gasteiger partial charge in [0.15, 0.2) is 0 Å². The molecule has 0 aromatic heterocycles. The Labute approximate surface area is 91.3 Å². The van der Waals surface area contributed by atoms with E-state index in [1.165, 1.54) is 0 Å². The smallest absolute Gasteiger partial charge is 0.339 e. The Kier molecular flexibility index (Phi) is 3.18. The maximum Gasteiger partial charge on any atom is 0.339 e. The third kappa shape index (κ3) is 3.08. The summed E-state index contributed by atoms with van der Waals surface area (Å²) in [6.45, 7) is 9.47. The van der Waals surface area contributed by atoms with Gasteiger partial charge in [-0.25, -0.2) is 4.79 Å². The Morgan fingerprint density at radius 3 is 2.00 bits per heavy atom. The predicted octanol–water partition coefficient (Wildman–Crippen LogP) is 3.26. The van der Waals surface area contributed by atoms with Crippen molar-refractivity contribution in [1.82, 2.24) is 0 Å². The minimum atomic E-state index is -0.439. The molecule has 1 aromatic rings. The van der Waals surface area contributed by atoms with Crippen molar-refractivity contribution in [2.75, 3.05) is 0 Å². The molecule has 0 fully saturated rings. The number of hydrogen-bond acceptors (Lipinski definition) is 2. The highest BCUT2D eigenvalue weighted by Gasteiger charge is 2.20. The second-order valence-corrected chi connectivity index (χ2v) is 4.77. The summed E-state index contributed by atoms with van der Waals surface area (Å²) >= 11 is 0. The van der Waals surface area contributed by atoms with Gasteiger partial charge >= 0.3 is 5.97 Å². The highest BCUT2D eigenvalue weighted by molar-refractivity contribution is 5.92. The molecule has 0 N–H and O–H groups in total. The number of carbonyl (C=O) groups excluding carboxylic acids is 1. The van der Waals surface area contributed by atoms with Gasteiger partial charge < -0.3 is 4.74 Å². The molecule has 0 radical (unpaired) electrons. The number of carbonyl (C=O) groups is 1. The minimum Gasteiger partial charge on any atom is -0.456 e. The van der Waals surface area contributed by atoms with Crippen LogP contribution in [0.3, 0.4) is 0 Å². The van der Waals surface area contributed by atoms with Crippen molar-refractivity contribution in [2.24, 2.45) is 0 Å². The van der Waals surface area contributed by atoms with Crippen LogP contribution >= 0.6 is 0 Å². The van der Waals surface area contributed by atoms with Crippen LogP contribution in [0.4, 0.5) is 0 Å². The average Bonchev–Trinajstić information content (AvgIpc) is 1.99. The molecule has 0 saturated carbocycles. The van der Waals surface area contributed by atoms with Crippen molar-refractivity contribution in [1.29, 1.82) is 0 Å². The van der Waals surface area contributed by atoms with Crippen LogP contribution in [0, 0.1) is 13.8 Å². The van der Waals surface area contributed by atoms with Gasteiger partial charge in [0.05, 0.1) is 5.56 Å². The molecule has 0 aliphatic heterocycles. The minimum absolute atomic E-state index is 0.238. The van der Waals surface area contributed by atoms with E-state index in [0.29, 0.717) is 5.56 Å². The molecule has 0 saturated heterocycles. The number of esters is 1. The van der Waals surface area contributed by atoms with Crippen LogP contribution in [-0.4, -0.2) is 11.6 Å². The lowest BCUT2D eigenvalue weighted by Crippen LogP contribution is -2.24. The van der Waals surface area contributed by atoms with Gasteiger partial charge in [-0.15, -0.1) is 0 Å². The molecule has 15 heavy (non-hydrogen) atoms. The number of aryl methyl sites for hydroxylation is 2. The Morgan fingerprint density at radius 1 is 1.13 bits per heavy atom. The van der Waals surface area contributed by atoms with E-state index in [1.54, 1.807) is 0 Å². The van der Waals surface area contributed by atoms with Gasteiger partial charge in [0.25, 0.3) is 0 Å². The summed E-state index contributed by atoms with van der Waals surface area (Å²) in [5.74, 6) is -0.238. The summed E-state index contributed by atoms with van der Waals surface area (Å²) in [7, 11) is 0. The molecule has 0 amide bonds. The second kappa shape index (κ2) is 4.05. The highest BCUT2D eigenvalue weighted by Crippen LogP contribution is 2.18. The number of ether oxygens (including phenoxy) is 1. The van der Waals surface area contributed by atoms with Crippen LogP contribution in [0.25, 0.3) is 0 Å². The van der Waals surface area contributed by atoms with E-state index in [9.17, 15) is 4.79 Å². The van der Waals surface area contributed by atoms with Crippen molar-refractivity contribution < 1.29 is 9.53 Å². The van der Waals surface area contributed by atoms with Gasteiger partial charge in [-0.05, 0) is 45.7 Å². The van der Waals surface area contributed by atoms with Crippen LogP contribution in [0.2, 0.25) is 0 Å². The highest BCUT2D eigenvalue weighted by atomic mass is 16.6. The molecule has 0 atom stereocenters.